The van der Waals surface area contributed by atoms with E-state index in [4.69, 9.17) is 4.74 Å². The number of carbonyl (C=O) groups is 3. The molecule has 4 aromatic rings. The Bertz CT molecular complexity index is 1570. The Hall–Kier alpha value is -4.33. The molecular formula is C36H46N6O5S2. The first-order chi connectivity index (χ1) is 23.7. The quantitative estimate of drug-likeness (QED) is 0.105. The average Bonchev–Trinajstić information content (AvgIpc) is 3.81. The molecule has 49 heavy (non-hydrogen) atoms. The van der Waals surface area contributed by atoms with E-state index in [1.807, 2.05) is 53.9 Å². The summed E-state index contributed by atoms with van der Waals surface area (Å²) >= 11 is 2.97. The summed E-state index contributed by atoms with van der Waals surface area (Å²) < 4.78 is 5.46. The van der Waals surface area contributed by atoms with E-state index in [0.29, 0.717) is 31.6 Å². The summed E-state index contributed by atoms with van der Waals surface area (Å²) in [5.41, 5.74) is 4.64. The first-order valence-corrected chi connectivity index (χ1v) is 18.2. The summed E-state index contributed by atoms with van der Waals surface area (Å²) in [6.07, 6.45) is 4.20. The van der Waals surface area contributed by atoms with Crippen molar-refractivity contribution in [3.05, 3.63) is 104 Å². The summed E-state index contributed by atoms with van der Waals surface area (Å²) in [6, 6.07) is 17.6. The highest BCUT2D eigenvalue weighted by Crippen LogP contribution is 2.20. The van der Waals surface area contributed by atoms with Crippen LogP contribution >= 0.6 is 22.7 Å². The summed E-state index contributed by atoms with van der Waals surface area (Å²) in [5, 5.41) is 21.8. The van der Waals surface area contributed by atoms with Crippen molar-refractivity contribution in [2.75, 3.05) is 13.7 Å². The minimum Gasteiger partial charge on any atom is -0.444 e. The number of amides is 4. The fourth-order valence-corrected chi connectivity index (χ4v) is 6.52. The number of rotatable bonds is 18. The number of hydrogen-bond donors (Lipinski definition) is 4. The van der Waals surface area contributed by atoms with Gasteiger partial charge in [0.15, 0.2) is 0 Å². The van der Waals surface area contributed by atoms with Crippen molar-refractivity contribution in [1.29, 1.82) is 0 Å². The number of ether oxygens (including phenoxy) is 1. The molecular weight excluding hydrogens is 661 g/mol. The molecule has 0 saturated carbocycles. The molecule has 4 rings (SSSR count). The van der Waals surface area contributed by atoms with Crippen LogP contribution in [0.5, 0.6) is 0 Å². The Morgan fingerprint density at radius 2 is 1.59 bits per heavy atom. The number of thiazole rings is 2. The molecule has 0 bridgehead atoms. The number of nitrogens with one attached hydrogen (secondary N) is 3. The lowest BCUT2D eigenvalue weighted by Gasteiger charge is -2.26. The number of alkyl carbamates (subject to hydrolysis) is 1. The fraction of sp³-hybridized carbons (Fsp3) is 0.417. The second-order valence-electron chi connectivity index (χ2n) is 12.3. The minimum atomic E-state index is -1.15. The molecule has 2 heterocycles. The normalized spacial score (nSPS) is 12.9. The van der Waals surface area contributed by atoms with Crippen LogP contribution in [-0.2, 0) is 35.5 Å². The molecule has 2 aromatic heterocycles. The van der Waals surface area contributed by atoms with Gasteiger partial charge in [0, 0.05) is 36.6 Å². The molecule has 0 spiro atoms. The number of benzene rings is 2. The molecule has 11 nitrogen and oxygen atoms in total. The van der Waals surface area contributed by atoms with Gasteiger partial charge in [-0.25, -0.2) is 14.6 Å². The van der Waals surface area contributed by atoms with Crippen molar-refractivity contribution in [1.82, 2.24) is 30.8 Å². The van der Waals surface area contributed by atoms with Crippen molar-refractivity contribution in [3.8, 4) is 0 Å². The van der Waals surface area contributed by atoms with Gasteiger partial charge < -0.3 is 30.7 Å². The summed E-state index contributed by atoms with van der Waals surface area (Å²) in [7, 11) is 1.62. The topological polar surface area (TPSA) is 146 Å². The van der Waals surface area contributed by atoms with E-state index in [1.165, 1.54) is 16.2 Å². The first kappa shape index (κ1) is 37.5. The number of aryl methyl sites for hydroxylation is 1. The van der Waals surface area contributed by atoms with E-state index in [2.05, 4.69) is 51.9 Å². The predicted octanol–water partition coefficient (Wildman–Crippen LogP) is 5.66. The van der Waals surface area contributed by atoms with Crippen molar-refractivity contribution >= 4 is 40.7 Å². The molecule has 2 aromatic carbocycles. The van der Waals surface area contributed by atoms with Gasteiger partial charge in [0.1, 0.15) is 12.6 Å². The van der Waals surface area contributed by atoms with Gasteiger partial charge in [-0.1, -0.05) is 74.5 Å². The van der Waals surface area contributed by atoms with E-state index < -0.39 is 30.7 Å². The SMILES string of the molecule is CC(C)c1nc(CN(C)C(=O)N[C@@H](CO)C(=O)N[C@@H](CC[C@@H](CCc2ccccc2)NC(=O)OCc2cncs2)Cc2ccccc2)cs1. The molecule has 0 saturated heterocycles. The number of aliphatic hydroxyl groups excluding tert-OH is 1. The van der Waals surface area contributed by atoms with Gasteiger partial charge in [-0.15, -0.1) is 22.7 Å². The van der Waals surface area contributed by atoms with Crippen LogP contribution in [0, 0.1) is 0 Å². The van der Waals surface area contributed by atoms with Gasteiger partial charge in [-0.2, -0.15) is 0 Å². The lowest BCUT2D eigenvalue weighted by molar-refractivity contribution is -0.124. The van der Waals surface area contributed by atoms with Crippen molar-refractivity contribution in [3.63, 3.8) is 0 Å². The third-order valence-electron chi connectivity index (χ3n) is 7.92. The number of aromatic nitrogens is 2. The van der Waals surface area contributed by atoms with Crippen LogP contribution in [0.1, 0.15) is 65.7 Å². The van der Waals surface area contributed by atoms with Gasteiger partial charge in [0.2, 0.25) is 5.91 Å². The van der Waals surface area contributed by atoms with E-state index in [9.17, 15) is 19.5 Å². The third kappa shape index (κ3) is 12.9. The molecule has 4 N–H and O–H groups in total. The standard InChI is InChI=1S/C36H46N6O5S2/c1-25(2)34-39-30(23-48-34)20-42(3)35(45)41-32(21-43)33(44)38-29(18-27-12-8-5-9-13-27)17-16-28(15-14-26-10-6-4-7-11-26)40-36(46)47-22-31-19-37-24-49-31/h4-13,19,23-25,28-29,32,43H,14-18,20-22H2,1-3H3,(H,38,44)(H,40,46)(H,41,45)/t28-,29+,32+/m1/s1. The Balaban J connectivity index is 1.39. The van der Waals surface area contributed by atoms with Gasteiger partial charge in [0.25, 0.3) is 0 Å². The molecule has 13 heteroatoms. The van der Waals surface area contributed by atoms with Crippen LogP contribution in [0.3, 0.4) is 0 Å². The number of nitrogens with zero attached hydrogens (tertiary/aromatic N) is 3. The molecule has 0 unspecified atom stereocenters. The second-order valence-corrected chi connectivity index (χ2v) is 14.1. The molecule has 4 amide bonds. The maximum atomic E-state index is 13.5. The highest BCUT2D eigenvalue weighted by atomic mass is 32.1. The van der Waals surface area contributed by atoms with Gasteiger partial charge in [-0.3, -0.25) is 9.78 Å². The van der Waals surface area contributed by atoms with Crippen LogP contribution in [0.15, 0.2) is 77.8 Å². The zero-order valence-electron chi connectivity index (χ0n) is 28.2. The number of carbonyl (C=O) groups excluding carboxylic acids is 3. The van der Waals surface area contributed by atoms with E-state index >= 15 is 0 Å². The molecule has 0 aliphatic rings. The highest BCUT2D eigenvalue weighted by Gasteiger charge is 2.26. The van der Waals surface area contributed by atoms with Gasteiger partial charge >= 0.3 is 12.1 Å². The predicted molar refractivity (Wildman–Crippen MR) is 192 cm³/mol. The maximum absolute atomic E-state index is 13.5. The summed E-state index contributed by atoms with van der Waals surface area (Å²) in [4.78, 5) is 50.2. The maximum Gasteiger partial charge on any atom is 0.407 e. The van der Waals surface area contributed by atoms with Crippen LogP contribution < -0.4 is 16.0 Å². The van der Waals surface area contributed by atoms with Crippen LogP contribution in [-0.4, -0.2) is 69.8 Å². The van der Waals surface area contributed by atoms with Crippen LogP contribution in [0.25, 0.3) is 0 Å². The molecule has 0 aliphatic carbocycles. The number of aliphatic hydroxyl groups is 1. The summed E-state index contributed by atoms with van der Waals surface area (Å²) in [5.74, 6) is -0.194. The largest absolute Gasteiger partial charge is 0.444 e. The zero-order chi connectivity index (χ0) is 35.0. The van der Waals surface area contributed by atoms with E-state index in [0.717, 1.165) is 33.1 Å². The summed E-state index contributed by atoms with van der Waals surface area (Å²) in [6.45, 7) is 3.98. The minimum absolute atomic E-state index is 0.140. The number of hydrogen-bond acceptors (Lipinski definition) is 9. The highest BCUT2D eigenvalue weighted by molar-refractivity contribution is 7.09. The Labute approximate surface area is 296 Å². The van der Waals surface area contributed by atoms with Crippen LogP contribution in [0.2, 0.25) is 0 Å². The molecule has 3 atom stereocenters. The van der Waals surface area contributed by atoms with Gasteiger partial charge in [0.05, 0.1) is 34.2 Å². The Kier molecular flexibility index (Phi) is 15.0. The van der Waals surface area contributed by atoms with Crippen molar-refractivity contribution in [2.24, 2.45) is 0 Å². The zero-order valence-corrected chi connectivity index (χ0v) is 29.8. The molecule has 0 aliphatic heterocycles. The van der Waals surface area contributed by atoms with Gasteiger partial charge in [-0.05, 0) is 43.2 Å². The fourth-order valence-electron chi connectivity index (χ4n) is 5.19. The molecule has 262 valence electrons. The molecule has 0 radical (unpaired) electrons. The van der Waals surface area contributed by atoms with E-state index in [-0.39, 0.29) is 25.2 Å². The smallest absolute Gasteiger partial charge is 0.407 e. The van der Waals surface area contributed by atoms with Crippen molar-refractivity contribution < 1.29 is 24.2 Å². The first-order valence-electron chi connectivity index (χ1n) is 16.5. The monoisotopic (exact) mass is 706 g/mol. The lowest BCUT2D eigenvalue weighted by atomic mass is 9.96. The average molecular weight is 707 g/mol. The lowest BCUT2D eigenvalue weighted by Crippen LogP contribution is -2.54. The number of urea groups is 1. The van der Waals surface area contributed by atoms with E-state index in [1.54, 1.807) is 30.1 Å². The third-order valence-corrected chi connectivity index (χ3v) is 9.86. The second kappa shape index (κ2) is 19.6. The Morgan fingerprint density at radius 1 is 0.898 bits per heavy atom. The van der Waals surface area contributed by atoms with Crippen molar-refractivity contribution in [2.45, 2.75) is 83.1 Å². The van der Waals surface area contributed by atoms with Crippen LogP contribution in [0.4, 0.5) is 9.59 Å². The Morgan fingerprint density at radius 3 is 2.22 bits per heavy atom. The molecule has 0 fully saturated rings.